The lowest BCUT2D eigenvalue weighted by Gasteiger charge is -2.46. The minimum absolute atomic E-state index is 0.00447. The molecular weight excluding hydrogens is 437 g/mol. The molecule has 0 saturated carbocycles. The van der Waals surface area contributed by atoms with E-state index >= 15 is 0 Å². The largest absolute Gasteiger partial charge is 0.504 e. The molecule has 0 aliphatic carbocycles. The van der Waals surface area contributed by atoms with Crippen molar-refractivity contribution in [2.75, 3.05) is 16.6 Å². The van der Waals surface area contributed by atoms with E-state index in [0.717, 1.165) is 12.0 Å². The van der Waals surface area contributed by atoms with Crippen LogP contribution in [0.3, 0.4) is 0 Å². The molecule has 5 rings (SSSR count). The molecule has 0 unspecified atom stereocenters. The Labute approximate surface area is 184 Å². The maximum Gasteiger partial charge on any atom is 0.270 e. The normalized spacial score (nSPS) is 16.9. The van der Waals surface area contributed by atoms with E-state index in [1.54, 1.807) is 24.3 Å². The molecule has 1 fully saturated rings. The van der Waals surface area contributed by atoms with Crippen LogP contribution in [0.25, 0.3) is 22.5 Å². The highest BCUT2D eigenvalue weighted by molar-refractivity contribution is 8.25. The van der Waals surface area contributed by atoms with Gasteiger partial charge in [0, 0.05) is 18.1 Å². The Kier molecular flexibility index (Phi) is 5.16. The summed E-state index contributed by atoms with van der Waals surface area (Å²) in [6.07, 6.45) is 3.28. The molecule has 1 aliphatic heterocycles. The summed E-state index contributed by atoms with van der Waals surface area (Å²) in [6.45, 7) is 0.406. The van der Waals surface area contributed by atoms with Gasteiger partial charge in [-0.1, -0.05) is 12.1 Å². The van der Waals surface area contributed by atoms with Crippen LogP contribution in [0, 0.1) is 5.82 Å². The average molecular weight is 457 g/mol. The second-order valence-corrected chi connectivity index (χ2v) is 9.60. The van der Waals surface area contributed by atoms with E-state index in [0.29, 0.717) is 24.2 Å². The van der Waals surface area contributed by atoms with Crippen LogP contribution in [0.4, 0.5) is 10.2 Å². The average Bonchev–Trinajstić information content (AvgIpc) is 3.24. The second-order valence-electron chi connectivity index (χ2n) is 7.48. The van der Waals surface area contributed by atoms with Gasteiger partial charge in [0.15, 0.2) is 17.3 Å². The summed E-state index contributed by atoms with van der Waals surface area (Å²) in [5.74, 6) is 0.192. The molecule has 11 heteroatoms. The van der Waals surface area contributed by atoms with Gasteiger partial charge in [0.05, 0.1) is 12.2 Å². The lowest BCUT2D eigenvalue weighted by atomic mass is 10.1. The van der Waals surface area contributed by atoms with Crippen molar-refractivity contribution in [1.82, 2.24) is 20.2 Å². The van der Waals surface area contributed by atoms with Crippen LogP contribution in [0.5, 0.6) is 5.75 Å². The molecule has 4 heterocycles. The predicted octanol–water partition coefficient (Wildman–Crippen LogP) is 4.38. The van der Waals surface area contributed by atoms with E-state index in [1.807, 2.05) is 0 Å². The van der Waals surface area contributed by atoms with Crippen molar-refractivity contribution in [2.45, 2.75) is 19.3 Å². The van der Waals surface area contributed by atoms with E-state index in [2.05, 4.69) is 20.2 Å². The summed E-state index contributed by atoms with van der Waals surface area (Å²) in [5, 5.41) is 19.4. The molecule has 1 aliphatic rings. The Morgan fingerprint density at radius 1 is 1.09 bits per heavy atom. The molecule has 9 nitrogen and oxygen atoms in total. The van der Waals surface area contributed by atoms with E-state index in [-0.39, 0.29) is 46.7 Å². The minimum Gasteiger partial charge on any atom is -0.504 e. The van der Waals surface area contributed by atoms with Crippen molar-refractivity contribution in [3.63, 3.8) is 0 Å². The first-order chi connectivity index (χ1) is 15.4. The zero-order chi connectivity index (χ0) is 22.3. The van der Waals surface area contributed by atoms with Gasteiger partial charge in [-0.25, -0.2) is 9.37 Å². The molecule has 0 spiro atoms. The van der Waals surface area contributed by atoms with Crippen molar-refractivity contribution >= 4 is 27.5 Å². The number of rotatable bonds is 4. The number of aromatic nitrogens is 4. The number of halogens is 1. The third-order valence-electron chi connectivity index (χ3n) is 5.27. The van der Waals surface area contributed by atoms with Gasteiger partial charge in [-0.15, -0.1) is 21.0 Å². The molecule has 4 aromatic rings. The van der Waals surface area contributed by atoms with Crippen LogP contribution in [-0.2, 0) is 6.42 Å². The van der Waals surface area contributed by atoms with Crippen molar-refractivity contribution in [3.8, 4) is 17.3 Å². The Morgan fingerprint density at radius 2 is 1.91 bits per heavy atom. The maximum absolute atomic E-state index is 13.1. The first-order valence-corrected chi connectivity index (χ1v) is 11.7. The third kappa shape index (κ3) is 3.74. The number of pyridine rings is 2. The molecule has 0 radical (unpaired) electrons. The van der Waals surface area contributed by atoms with E-state index < -0.39 is 10.8 Å². The van der Waals surface area contributed by atoms with Gasteiger partial charge in [0.1, 0.15) is 11.3 Å². The van der Waals surface area contributed by atoms with Crippen LogP contribution < -0.4 is 4.31 Å². The summed E-state index contributed by atoms with van der Waals surface area (Å²) in [4.78, 5) is 8.77. The van der Waals surface area contributed by atoms with Crippen LogP contribution in [0.1, 0.15) is 24.3 Å². The standard InChI is InChI=1S/C21H20FN5O4S/c22-14-7-5-13(6-8-14)12-16-25-26-21(31-16)18-19(28)17-15(4-3-9-23-17)20(24-18)27-10-1-2-11-32(27,29)30/h3-9,28-30H,1-2,10-12H2. The fraction of sp³-hybridized carbons (Fsp3) is 0.238. The van der Waals surface area contributed by atoms with Gasteiger partial charge < -0.3 is 9.52 Å². The van der Waals surface area contributed by atoms with Crippen molar-refractivity contribution in [3.05, 3.63) is 59.9 Å². The maximum atomic E-state index is 13.1. The molecule has 1 saturated heterocycles. The van der Waals surface area contributed by atoms with Crippen LogP contribution in [-0.4, -0.2) is 46.7 Å². The lowest BCUT2D eigenvalue weighted by molar-refractivity contribution is 0.464. The Balaban J connectivity index is 1.58. The van der Waals surface area contributed by atoms with Gasteiger partial charge in [-0.2, -0.15) is 0 Å². The Bertz CT molecular complexity index is 1280. The predicted molar refractivity (Wildman–Crippen MR) is 118 cm³/mol. The van der Waals surface area contributed by atoms with Crippen LogP contribution in [0.2, 0.25) is 0 Å². The fourth-order valence-electron chi connectivity index (χ4n) is 3.69. The Hall–Kier alpha value is -3.28. The number of nitrogens with zero attached hydrogens (tertiary/aromatic N) is 5. The minimum atomic E-state index is -3.05. The van der Waals surface area contributed by atoms with Gasteiger partial charge >= 0.3 is 0 Å². The smallest absolute Gasteiger partial charge is 0.270 e. The topological polar surface area (TPSA) is 129 Å². The molecular formula is C21H20FN5O4S. The fourth-order valence-corrected chi connectivity index (χ4v) is 5.34. The Morgan fingerprint density at radius 3 is 2.69 bits per heavy atom. The van der Waals surface area contributed by atoms with Gasteiger partial charge in [0.25, 0.3) is 5.89 Å². The summed E-state index contributed by atoms with van der Waals surface area (Å²) in [7, 11) is -3.05. The number of benzene rings is 1. The third-order valence-corrected chi connectivity index (χ3v) is 7.17. The van der Waals surface area contributed by atoms with Gasteiger partial charge in [-0.3, -0.25) is 18.4 Å². The second kappa shape index (κ2) is 8.01. The monoisotopic (exact) mass is 457 g/mol. The quantitative estimate of drug-likeness (QED) is 0.409. The zero-order valence-corrected chi connectivity index (χ0v) is 17.7. The summed E-state index contributed by atoms with van der Waals surface area (Å²) in [5.41, 5.74) is 1.03. The zero-order valence-electron chi connectivity index (χ0n) is 16.8. The molecule has 0 bridgehead atoms. The molecule has 32 heavy (non-hydrogen) atoms. The van der Waals surface area contributed by atoms with Crippen molar-refractivity contribution < 1.29 is 23.0 Å². The van der Waals surface area contributed by atoms with Crippen LogP contribution >= 0.6 is 10.8 Å². The van der Waals surface area contributed by atoms with E-state index in [9.17, 15) is 18.6 Å². The first-order valence-electron chi connectivity index (χ1n) is 10.0. The van der Waals surface area contributed by atoms with Crippen molar-refractivity contribution in [1.29, 1.82) is 0 Å². The number of hydrogen-bond acceptors (Lipinski definition) is 9. The van der Waals surface area contributed by atoms with Crippen LogP contribution in [0.15, 0.2) is 47.0 Å². The molecule has 1 aromatic carbocycles. The summed E-state index contributed by atoms with van der Waals surface area (Å²) < 4.78 is 41.6. The number of anilines is 1. The van der Waals surface area contributed by atoms with Gasteiger partial charge in [0.2, 0.25) is 5.89 Å². The van der Waals surface area contributed by atoms with E-state index in [4.69, 9.17) is 4.42 Å². The molecule has 3 aromatic heterocycles. The molecule has 0 atom stereocenters. The van der Waals surface area contributed by atoms with Gasteiger partial charge in [-0.05, 0) is 42.7 Å². The highest BCUT2D eigenvalue weighted by atomic mass is 32.3. The van der Waals surface area contributed by atoms with E-state index in [1.165, 1.54) is 22.6 Å². The highest BCUT2D eigenvalue weighted by Gasteiger charge is 2.31. The SMILES string of the molecule is Oc1c(-c2nnc(Cc3ccc(F)cc3)o2)nc(N2CCCCS2(O)O)c2cccnc12. The van der Waals surface area contributed by atoms with Crippen molar-refractivity contribution in [2.24, 2.45) is 0 Å². The molecule has 166 valence electrons. The summed E-state index contributed by atoms with van der Waals surface area (Å²) in [6, 6.07) is 9.33. The summed E-state index contributed by atoms with van der Waals surface area (Å²) >= 11 is 0. The number of hydrogen-bond donors (Lipinski definition) is 3. The molecule has 3 N–H and O–H groups in total. The lowest BCUT2D eigenvalue weighted by Crippen LogP contribution is -2.35. The number of fused-ring (bicyclic) bond motifs is 1. The molecule has 0 amide bonds. The first kappa shape index (κ1) is 20.6. The highest BCUT2D eigenvalue weighted by Crippen LogP contribution is 2.51. The number of aromatic hydroxyl groups is 1.